The number of pyridine rings is 1. The van der Waals surface area contributed by atoms with E-state index >= 15 is 0 Å². The van der Waals surface area contributed by atoms with E-state index in [1.807, 2.05) is 12.3 Å². The van der Waals surface area contributed by atoms with Crippen LogP contribution in [0.1, 0.15) is 42.3 Å². The zero-order chi connectivity index (χ0) is 18.1. The molecule has 0 radical (unpaired) electrons. The second kappa shape index (κ2) is 6.78. The number of carbonyl (C=O) groups excluding carboxylic acids is 1. The van der Waals surface area contributed by atoms with Crippen molar-refractivity contribution in [2.24, 2.45) is 7.05 Å². The van der Waals surface area contributed by atoms with Crippen molar-refractivity contribution in [1.29, 1.82) is 0 Å². The fourth-order valence-corrected chi connectivity index (χ4v) is 3.67. The fraction of sp³-hybridized carbons (Fsp3) is 0.444. The van der Waals surface area contributed by atoms with Crippen molar-refractivity contribution >= 4 is 16.9 Å². The van der Waals surface area contributed by atoms with Gasteiger partial charge in [-0.2, -0.15) is 4.98 Å². The van der Waals surface area contributed by atoms with Crippen LogP contribution in [0.3, 0.4) is 0 Å². The largest absolute Gasteiger partial charge is 0.467 e. The van der Waals surface area contributed by atoms with E-state index in [1.165, 1.54) is 11.8 Å². The third-order valence-electron chi connectivity index (χ3n) is 5.01. The molecule has 1 fully saturated rings. The zero-order valence-corrected chi connectivity index (χ0v) is 14.9. The number of hydrogen-bond donors (Lipinski definition) is 1. The van der Waals surface area contributed by atoms with Gasteiger partial charge in [0, 0.05) is 36.9 Å². The van der Waals surface area contributed by atoms with E-state index in [4.69, 9.17) is 4.74 Å². The zero-order valence-electron chi connectivity index (χ0n) is 14.9. The lowest BCUT2D eigenvalue weighted by Crippen LogP contribution is -2.38. The normalized spacial score (nSPS) is 20.2. The molecule has 8 nitrogen and oxygen atoms in total. The first-order valence-electron chi connectivity index (χ1n) is 8.83. The highest BCUT2D eigenvalue weighted by molar-refractivity contribution is 5.90. The van der Waals surface area contributed by atoms with Crippen LogP contribution in [0.2, 0.25) is 0 Å². The fourth-order valence-electron chi connectivity index (χ4n) is 3.67. The first kappa shape index (κ1) is 16.6. The van der Waals surface area contributed by atoms with Crippen LogP contribution in [0, 0.1) is 0 Å². The first-order chi connectivity index (χ1) is 12.7. The van der Waals surface area contributed by atoms with E-state index in [9.17, 15) is 4.79 Å². The molecule has 1 N–H and O–H groups in total. The monoisotopic (exact) mass is 354 g/mol. The van der Waals surface area contributed by atoms with Gasteiger partial charge in [-0.25, -0.2) is 9.67 Å². The minimum atomic E-state index is -0.250. The summed E-state index contributed by atoms with van der Waals surface area (Å²) in [5, 5.41) is 8.30. The van der Waals surface area contributed by atoms with Gasteiger partial charge in [0.15, 0.2) is 0 Å². The third kappa shape index (κ3) is 3.02. The summed E-state index contributed by atoms with van der Waals surface area (Å²) in [6, 6.07) is 7.03. The number of hydrogen-bond acceptors (Lipinski definition) is 5. The molecule has 3 heterocycles. The number of nitrogens with one attached hydrogen (secondary N) is 1. The Kier molecular flexibility index (Phi) is 4.32. The van der Waals surface area contributed by atoms with Gasteiger partial charge in [0.05, 0.1) is 7.11 Å². The van der Waals surface area contributed by atoms with Crippen molar-refractivity contribution in [2.45, 2.75) is 37.8 Å². The molecule has 0 atom stereocenters. The van der Waals surface area contributed by atoms with E-state index in [2.05, 4.69) is 43.3 Å². The Labute approximate surface area is 151 Å². The predicted molar refractivity (Wildman–Crippen MR) is 96.0 cm³/mol. The Morgan fingerprint density at radius 2 is 2.08 bits per heavy atom. The number of fused-ring (bicyclic) bond motifs is 1. The summed E-state index contributed by atoms with van der Waals surface area (Å²) in [6.45, 7) is 0. The average Bonchev–Trinajstić information content (AvgIpc) is 3.26. The molecule has 3 aromatic rings. The molecule has 0 bridgehead atoms. The Balaban J connectivity index is 1.38. The van der Waals surface area contributed by atoms with Gasteiger partial charge >= 0.3 is 6.01 Å². The molecule has 1 amide bonds. The molecule has 4 rings (SSSR count). The van der Waals surface area contributed by atoms with Crippen molar-refractivity contribution in [3.05, 3.63) is 36.4 Å². The Bertz CT molecular complexity index is 923. The summed E-state index contributed by atoms with van der Waals surface area (Å²) in [5.74, 6) is -0.104. The van der Waals surface area contributed by atoms with Crippen LogP contribution in [0.15, 0.2) is 30.6 Å². The lowest BCUT2D eigenvalue weighted by Gasteiger charge is -2.30. The molecule has 8 heteroatoms. The van der Waals surface area contributed by atoms with E-state index in [1.54, 1.807) is 7.05 Å². The maximum absolute atomic E-state index is 12.4. The molecular formula is C18H22N6O2. The maximum Gasteiger partial charge on any atom is 0.314 e. The molecule has 3 aromatic heterocycles. The summed E-state index contributed by atoms with van der Waals surface area (Å²) in [4.78, 5) is 21.0. The number of ether oxygens (including phenoxy) is 1. The summed E-state index contributed by atoms with van der Waals surface area (Å²) < 4.78 is 8.77. The molecule has 0 saturated heterocycles. The molecule has 1 aliphatic rings. The SMILES string of the molecule is COc1nc(C(=O)NC2CCC(n3ccc4cccnc43)CC2)nn1C. The van der Waals surface area contributed by atoms with Crippen LogP contribution < -0.4 is 10.1 Å². The van der Waals surface area contributed by atoms with Gasteiger partial charge in [-0.3, -0.25) is 4.79 Å². The molecule has 136 valence electrons. The highest BCUT2D eigenvalue weighted by Crippen LogP contribution is 2.31. The van der Waals surface area contributed by atoms with Gasteiger partial charge in [0.2, 0.25) is 5.82 Å². The van der Waals surface area contributed by atoms with Gasteiger partial charge in [-0.1, -0.05) is 0 Å². The third-order valence-corrected chi connectivity index (χ3v) is 5.01. The number of nitrogens with zero attached hydrogens (tertiary/aromatic N) is 5. The van der Waals surface area contributed by atoms with Gasteiger partial charge in [0.25, 0.3) is 5.91 Å². The second-order valence-electron chi connectivity index (χ2n) is 6.66. The molecule has 26 heavy (non-hydrogen) atoms. The van der Waals surface area contributed by atoms with Crippen molar-refractivity contribution in [3.63, 3.8) is 0 Å². The number of carbonyl (C=O) groups is 1. The van der Waals surface area contributed by atoms with Crippen molar-refractivity contribution in [1.82, 2.24) is 29.6 Å². The minimum absolute atomic E-state index is 0.142. The lowest BCUT2D eigenvalue weighted by molar-refractivity contribution is 0.0911. The number of aromatic nitrogens is 5. The van der Waals surface area contributed by atoms with Crippen LogP contribution >= 0.6 is 0 Å². The summed E-state index contributed by atoms with van der Waals surface area (Å²) in [5.41, 5.74) is 1.03. The molecule has 0 aromatic carbocycles. The second-order valence-corrected chi connectivity index (χ2v) is 6.66. The summed E-state index contributed by atoms with van der Waals surface area (Å²) in [6.07, 6.45) is 7.80. The highest BCUT2D eigenvalue weighted by Gasteiger charge is 2.26. The van der Waals surface area contributed by atoms with Crippen LogP contribution in [0.4, 0.5) is 0 Å². The standard InChI is InChI=1S/C18H22N6O2/c1-23-18(26-2)21-15(22-23)17(25)20-13-5-7-14(8-6-13)24-11-9-12-4-3-10-19-16(12)24/h3-4,9-11,13-14H,5-8H2,1-2H3,(H,20,25). The van der Waals surface area contributed by atoms with Crippen molar-refractivity contribution < 1.29 is 9.53 Å². The van der Waals surface area contributed by atoms with Crippen LogP contribution in [0.5, 0.6) is 6.01 Å². The summed E-state index contributed by atoms with van der Waals surface area (Å²) in [7, 11) is 3.20. The Morgan fingerprint density at radius 1 is 1.27 bits per heavy atom. The number of aryl methyl sites for hydroxylation is 1. The van der Waals surface area contributed by atoms with E-state index in [0.29, 0.717) is 12.1 Å². The molecule has 1 saturated carbocycles. The topological polar surface area (TPSA) is 86.9 Å². The number of methoxy groups -OCH3 is 1. The Hall–Kier alpha value is -2.90. The quantitative estimate of drug-likeness (QED) is 0.775. The predicted octanol–water partition coefficient (Wildman–Crippen LogP) is 2.09. The van der Waals surface area contributed by atoms with Gasteiger partial charge in [0.1, 0.15) is 5.65 Å². The Morgan fingerprint density at radius 3 is 2.81 bits per heavy atom. The van der Waals surface area contributed by atoms with Crippen LogP contribution in [0.25, 0.3) is 11.0 Å². The number of amides is 1. The van der Waals surface area contributed by atoms with Gasteiger partial charge in [-0.15, -0.1) is 5.10 Å². The van der Waals surface area contributed by atoms with E-state index in [-0.39, 0.29) is 17.8 Å². The number of rotatable bonds is 4. The van der Waals surface area contributed by atoms with Crippen molar-refractivity contribution in [3.8, 4) is 6.01 Å². The molecule has 1 aliphatic carbocycles. The molecule has 0 aliphatic heterocycles. The van der Waals surface area contributed by atoms with Crippen molar-refractivity contribution in [2.75, 3.05) is 7.11 Å². The molecule has 0 unspecified atom stereocenters. The summed E-state index contributed by atoms with van der Waals surface area (Å²) >= 11 is 0. The van der Waals surface area contributed by atoms with Crippen LogP contribution in [-0.2, 0) is 7.05 Å². The van der Waals surface area contributed by atoms with E-state index in [0.717, 1.165) is 36.7 Å². The molecular weight excluding hydrogens is 332 g/mol. The van der Waals surface area contributed by atoms with E-state index < -0.39 is 0 Å². The molecule has 0 spiro atoms. The maximum atomic E-state index is 12.4. The van der Waals surface area contributed by atoms with Gasteiger partial charge < -0.3 is 14.6 Å². The smallest absolute Gasteiger partial charge is 0.314 e. The van der Waals surface area contributed by atoms with Gasteiger partial charge in [-0.05, 0) is 43.9 Å². The lowest BCUT2D eigenvalue weighted by atomic mass is 9.91. The van der Waals surface area contributed by atoms with Crippen LogP contribution in [-0.4, -0.2) is 43.4 Å². The average molecular weight is 354 g/mol. The first-order valence-corrected chi connectivity index (χ1v) is 8.83. The highest BCUT2D eigenvalue weighted by atomic mass is 16.5. The minimum Gasteiger partial charge on any atom is -0.467 e.